The van der Waals surface area contributed by atoms with E-state index in [1.807, 2.05) is 18.2 Å². The van der Waals surface area contributed by atoms with Crippen molar-refractivity contribution in [2.45, 2.75) is 19.1 Å². The second kappa shape index (κ2) is 7.37. The van der Waals surface area contributed by atoms with E-state index in [1.54, 1.807) is 22.1 Å². The second-order valence-electron chi connectivity index (χ2n) is 7.79. The number of furan rings is 1. The van der Waals surface area contributed by atoms with Gasteiger partial charge in [0.25, 0.3) is 0 Å². The highest BCUT2D eigenvalue weighted by Crippen LogP contribution is 2.22. The Balaban J connectivity index is 1.30. The number of piperazine rings is 2. The zero-order valence-corrected chi connectivity index (χ0v) is 16.2. The van der Waals surface area contributed by atoms with Crippen LogP contribution in [0.2, 0.25) is 0 Å². The third kappa shape index (κ3) is 3.51. The van der Waals surface area contributed by atoms with Crippen molar-refractivity contribution in [2.24, 2.45) is 0 Å². The van der Waals surface area contributed by atoms with E-state index in [1.165, 1.54) is 16.3 Å². The zero-order valence-electron chi connectivity index (χ0n) is 16.2. The third-order valence-corrected chi connectivity index (χ3v) is 5.85. The molecular weight excluding hydrogens is 366 g/mol. The Morgan fingerprint density at radius 3 is 2.62 bits per heavy atom. The molecule has 29 heavy (non-hydrogen) atoms. The molecule has 6 nitrogen and oxygen atoms in total. The number of rotatable bonds is 4. The summed E-state index contributed by atoms with van der Waals surface area (Å²) < 4.78 is 5.36. The quantitative estimate of drug-likeness (QED) is 0.688. The molecule has 1 aromatic heterocycles. The molecule has 2 aliphatic rings. The van der Waals surface area contributed by atoms with Crippen molar-refractivity contribution >= 4 is 22.6 Å². The van der Waals surface area contributed by atoms with Crippen LogP contribution in [-0.4, -0.2) is 58.7 Å². The van der Waals surface area contributed by atoms with Crippen LogP contribution < -0.4 is 0 Å². The fraction of sp³-hybridized carbons (Fsp3) is 0.304. The number of hydrogen-bond acceptors (Lipinski definition) is 4. The van der Waals surface area contributed by atoms with E-state index in [-0.39, 0.29) is 18.4 Å². The van der Waals surface area contributed by atoms with Gasteiger partial charge in [-0.3, -0.25) is 14.5 Å². The molecule has 1 atom stereocenters. The number of amides is 2. The highest BCUT2D eigenvalue weighted by molar-refractivity contribution is 5.95. The van der Waals surface area contributed by atoms with Gasteiger partial charge >= 0.3 is 0 Å². The van der Waals surface area contributed by atoms with Gasteiger partial charge in [0.2, 0.25) is 11.8 Å². The van der Waals surface area contributed by atoms with Crippen molar-refractivity contribution in [1.82, 2.24) is 14.7 Å². The summed E-state index contributed by atoms with van der Waals surface area (Å²) >= 11 is 0. The molecule has 0 aliphatic carbocycles. The summed E-state index contributed by atoms with van der Waals surface area (Å²) in [6.45, 7) is 3.17. The summed E-state index contributed by atoms with van der Waals surface area (Å²) in [7, 11) is 0. The lowest BCUT2D eigenvalue weighted by Crippen LogP contribution is -2.66. The van der Waals surface area contributed by atoms with Crippen LogP contribution in [-0.2, 0) is 22.7 Å². The molecule has 0 radical (unpaired) electrons. The highest BCUT2D eigenvalue weighted by atomic mass is 16.3. The fourth-order valence-corrected chi connectivity index (χ4v) is 4.36. The summed E-state index contributed by atoms with van der Waals surface area (Å²) in [5, 5.41) is 2.44. The van der Waals surface area contributed by atoms with Gasteiger partial charge in [0.05, 0.1) is 12.8 Å². The van der Waals surface area contributed by atoms with Gasteiger partial charge in [0.1, 0.15) is 18.3 Å². The minimum atomic E-state index is -0.416. The van der Waals surface area contributed by atoms with Crippen LogP contribution in [0.4, 0.5) is 0 Å². The van der Waals surface area contributed by atoms with Crippen molar-refractivity contribution in [2.75, 3.05) is 26.2 Å². The summed E-state index contributed by atoms with van der Waals surface area (Å²) in [6.07, 6.45) is 1.59. The monoisotopic (exact) mass is 389 g/mol. The number of carbonyl (C=O) groups is 2. The lowest BCUT2D eigenvalue weighted by Gasteiger charge is -2.46. The van der Waals surface area contributed by atoms with Crippen molar-refractivity contribution < 1.29 is 14.0 Å². The molecule has 0 spiro atoms. The summed E-state index contributed by atoms with van der Waals surface area (Å²) in [4.78, 5) is 31.3. The topological polar surface area (TPSA) is 57.0 Å². The van der Waals surface area contributed by atoms with E-state index in [9.17, 15) is 9.59 Å². The van der Waals surface area contributed by atoms with Crippen LogP contribution in [0.1, 0.15) is 11.3 Å². The summed E-state index contributed by atoms with van der Waals surface area (Å²) in [5.74, 6) is 0.721. The number of hydrogen-bond donors (Lipinski definition) is 0. The zero-order chi connectivity index (χ0) is 19.8. The first-order chi connectivity index (χ1) is 14.2. The van der Waals surface area contributed by atoms with Gasteiger partial charge < -0.3 is 14.2 Å². The van der Waals surface area contributed by atoms with Crippen molar-refractivity contribution in [1.29, 1.82) is 0 Å². The van der Waals surface area contributed by atoms with Gasteiger partial charge in [0.15, 0.2) is 0 Å². The van der Waals surface area contributed by atoms with Gasteiger partial charge in [-0.15, -0.1) is 0 Å². The lowest BCUT2D eigenvalue weighted by atomic mass is 10.0. The van der Waals surface area contributed by atoms with Crippen molar-refractivity contribution in [3.8, 4) is 0 Å². The van der Waals surface area contributed by atoms with Gasteiger partial charge in [-0.05, 0) is 34.5 Å². The van der Waals surface area contributed by atoms with E-state index >= 15 is 0 Å². The molecule has 5 rings (SSSR count). The maximum atomic E-state index is 13.1. The van der Waals surface area contributed by atoms with Crippen molar-refractivity contribution in [3.05, 3.63) is 72.2 Å². The summed E-state index contributed by atoms with van der Waals surface area (Å²) in [5.41, 5.74) is 1.22. The highest BCUT2D eigenvalue weighted by Gasteiger charge is 2.42. The van der Waals surface area contributed by atoms with Crippen LogP contribution in [0, 0.1) is 0 Å². The molecule has 0 N–H and O–H groups in total. The standard InChI is InChI=1S/C23H23N3O3/c27-22-16-25(14-20-6-3-11-29-20)23(28)21-15-24(9-10-26(21)22)13-17-7-8-18-4-1-2-5-19(18)12-17/h1-8,11-12,21H,9-10,13-16H2. The maximum Gasteiger partial charge on any atom is 0.247 e. The van der Waals surface area contributed by atoms with Gasteiger partial charge in [-0.25, -0.2) is 0 Å². The fourth-order valence-electron chi connectivity index (χ4n) is 4.36. The smallest absolute Gasteiger partial charge is 0.247 e. The molecule has 3 aromatic rings. The average Bonchev–Trinajstić information content (AvgIpc) is 3.25. The van der Waals surface area contributed by atoms with E-state index < -0.39 is 6.04 Å². The first kappa shape index (κ1) is 17.9. The number of nitrogens with zero attached hydrogens (tertiary/aromatic N) is 3. The Hall–Kier alpha value is -3.12. The van der Waals surface area contributed by atoms with Crippen LogP contribution in [0.3, 0.4) is 0 Å². The van der Waals surface area contributed by atoms with Crippen LogP contribution in [0.25, 0.3) is 10.8 Å². The molecule has 2 amide bonds. The molecule has 2 saturated heterocycles. The molecule has 2 aromatic carbocycles. The predicted octanol–water partition coefficient (Wildman–Crippen LogP) is 2.49. The Morgan fingerprint density at radius 2 is 1.79 bits per heavy atom. The Bertz CT molecular complexity index is 1050. The lowest BCUT2D eigenvalue weighted by molar-refractivity contribution is -0.160. The third-order valence-electron chi connectivity index (χ3n) is 5.85. The normalized spacial score (nSPS) is 20.3. The molecule has 1 unspecified atom stereocenters. The van der Waals surface area contributed by atoms with Gasteiger partial charge in [-0.1, -0.05) is 36.4 Å². The summed E-state index contributed by atoms with van der Waals surface area (Å²) in [6, 6.07) is 18.0. The first-order valence-corrected chi connectivity index (χ1v) is 9.98. The minimum Gasteiger partial charge on any atom is -0.467 e. The maximum absolute atomic E-state index is 13.1. The van der Waals surface area contributed by atoms with Crippen LogP contribution >= 0.6 is 0 Å². The van der Waals surface area contributed by atoms with E-state index in [0.717, 1.165) is 13.1 Å². The predicted molar refractivity (Wildman–Crippen MR) is 109 cm³/mol. The Morgan fingerprint density at radius 1 is 0.931 bits per heavy atom. The largest absolute Gasteiger partial charge is 0.467 e. The second-order valence-corrected chi connectivity index (χ2v) is 7.79. The van der Waals surface area contributed by atoms with E-state index in [0.29, 0.717) is 25.4 Å². The van der Waals surface area contributed by atoms with E-state index in [2.05, 4.69) is 35.2 Å². The molecule has 6 heteroatoms. The molecule has 0 bridgehead atoms. The molecule has 0 saturated carbocycles. The number of benzene rings is 2. The number of carbonyl (C=O) groups excluding carboxylic acids is 2. The SMILES string of the molecule is O=C1C2CN(Cc3ccc4ccccc4c3)CCN2C(=O)CN1Cc1ccco1. The minimum absolute atomic E-state index is 0.00390. The average molecular weight is 389 g/mol. The van der Waals surface area contributed by atoms with Gasteiger partial charge in [0, 0.05) is 26.2 Å². The molecule has 2 fully saturated rings. The Labute approximate surface area is 169 Å². The van der Waals surface area contributed by atoms with Crippen LogP contribution in [0.5, 0.6) is 0 Å². The molecule has 3 heterocycles. The van der Waals surface area contributed by atoms with Crippen molar-refractivity contribution in [3.63, 3.8) is 0 Å². The first-order valence-electron chi connectivity index (χ1n) is 9.98. The number of fused-ring (bicyclic) bond motifs is 2. The van der Waals surface area contributed by atoms with Crippen LogP contribution in [0.15, 0.2) is 65.3 Å². The molecule has 148 valence electrons. The molecule has 2 aliphatic heterocycles. The van der Waals surface area contributed by atoms with E-state index in [4.69, 9.17) is 4.42 Å². The van der Waals surface area contributed by atoms with Gasteiger partial charge in [-0.2, -0.15) is 0 Å². The Kier molecular flexibility index (Phi) is 4.56. The molecular formula is C23H23N3O3.